The minimum absolute atomic E-state index is 0.402. The third-order valence-corrected chi connectivity index (χ3v) is 5.96. The van der Waals surface area contributed by atoms with E-state index in [9.17, 15) is 0 Å². The maximum absolute atomic E-state index is 6.22. The number of halogens is 1. The van der Waals surface area contributed by atoms with Crippen LogP contribution in [-0.2, 0) is 17.8 Å². The number of fused-ring (bicyclic) bond motifs is 1. The van der Waals surface area contributed by atoms with Crippen LogP contribution in [0.5, 0.6) is 0 Å². The SMILES string of the molecule is Clc1nc(C2CSCCS2)nc2c1COCC2. The molecular weight excluding hydrogens is 276 g/mol. The summed E-state index contributed by atoms with van der Waals surface area (Å²) in [6.45, 7) is 1.30. The average Bonchev–Trinajstić information content (AvgIpc) is 2.40. The fourth-order valence-electron chi connectivity index (χ4n) is 1.99. The number of hydrogen-bond donors (Lipinski definition) is 0. The fourth-order valence-corrected chi connectivity index (χ4v) is 4.84. The van der Waals surface area contributed by atoms with Crippen molar-refractivity contribution in [3.8, 4) is 0 Å². The number of thioether (sulfide) groups is 2. The van der Waals surface area contributed by atoms with Crippen molar-refractivity contribution in [1.82, 2.24) is 9.97 Å². The van der Waals surface area contributed by atoms with Crippen molar-refractivity contribution in [1.29, 1.82) is 0 Å². The number of nitrogens with zero attached hydrogens (tertiary/aromatic N) is 2. The van der Waals surface area contributed by atoms with Crippen LogP contribution < -0.4 is 0 Å². The van der Waals surface area contributed by atoms with Crippen LogP contribution in [0.25, 0.3) is 0 Å². The second kappa shape index (κ2) is 5.34. The van der Waals surface area contributed by atoms with E-state index in [-0.39, 0.29) is 0 Å². The van der Waals surface area contributed by atoms with Crippen molar-refractivity contribution >= 4 is 35.1 Å². The molecule has 0 aliphatic carbocycles. The van der Waals surface area contributed by atoms with Crippen molar-refractivity contribution in [3.63, 3.8) is 0 Å². The molecule has 1 aromatic rings. The summed E-state index contributed by atoms with van der Waals surface area (Å²) >= 11 is 10.1. The zero-order chi connectivity index (χ0) is 11.7. The van der Waals surface area contributed by atoms with E-state index in [0.717, 1.165) is 35.9 Å². The summed E-state index contributed by atoms with van der Waals surface area (Å²) < 4.78 is 5.39. The molecule has 0 radical (unpaired) electrons. The van der Waals surface area contributed by atoms with Crippen LogP contribution in [0.3, 0.4) is 0 Å². The van der Waals surface area contributed by atoms with Gasteiger partial charge in [-0.05, 0) is 0 Å². The fraction of sp³-hybridized carbons (Fsp3) is 0.636. The van der Waals surface area contributed by atoms with Crippen molar-refractivity contribution < 1.29 is 4.74 Å². The molecule has 17 heavy (non-hydrogen) atoms. The average molecular weight is 289 g/mol. The van der Waals surface area contributed by atoms with Gasteiger partial charge in [-0.25, -0.2) is 9.97 Å². The summed E-state index contributed by atoms with van der Waals surface area (Å²) in [5.74, 6) is 4.41. The molecule has 0 bridgehead atoms. The Morgan fingerprint density at radius 3 is 3.06 bits per heavy atom. The lowest BCUT2D eigenvalue weighted by Gasteiger charge is -2.22. The molecule has 3 heterocycles. The molecule has 0 amide bonds. The predicted octanol–water partition coefficient (Wildman–Crippen LogP) is 2.72. The number of aromatic nitrogens is 2. The lowest BCUT2D eigenvalue weighted by Crippen LogP contribution is -2.17. The Morgan fingerprint density at radius 2 is 2.24 bits per heavy atom. The van der Waals surface area contributed by atoms with Gasteiger partial charge in [-0.3, -0.25) is 0 Å². The van der Waals surface area contributed by atoms with E-state index in [0.29, 0.717) is 17.0 Å². The topological polar surface area (TPSA) is 35.0 Å². The first kappa shape index (κ1) is 12.1. The van der Waals surface area contributed by atoms with Crippen LogP contribution in [0.2, 0.25) is 5.15 Å². The normalized spacial score (nSPS) is 24.4. The summed E-state index contributed by atoms with van der Waals surface area (Å²) in [4.78, 5) is 9.14. The van der Waals surface area contributed by atoms with E-state index in [1.54, 1.807) is 0 Å². The maximum atomic E-state index is 6.22. The first-order valence-electron chi connectivity index (χ1n) is 5.67. The minimum atomic E-state index is 0.402. The Morgan fingerprint density at radius 1 is 1.29 bits per heavy atom. The zero-order valence-electron chi connectivity index (χ0n) is 9.32. The molecule has 1 unspecified atom stereocenters. The van der Waals surface area contributed by atoms with Crippen molar-refractivity contribution in [2.45, 2.75) is 18.3 Å². The van der Waals surface area contributed by atoms with Gasteiger partial charge in [0.2, 0.25) is 0 Å². The van der Waals surface area contributed by atoms with Crippen LogP contribution in [0.1, 0.15) is 22.3 Å². The highest BCUT2D eigenvalue weighted by Gasteiger charge is 2.23. The van der Waals surface area contributed by atoms with Crippen molar-refractivity contribution in [2.24, 2.45) is 0 Å². The molecule has 92 valence electrons. The van der Waals surface area contributed by atoms with Gasteiger partial charge in [0.1, 0.15) is 11.0 Å². The van der Waals surface area contributed by atoms with Crippen LogP contribution in [0.15, 0.2) is 0 Å². The summed E-state index contributed by atoms with van der Waals surface area (Å²) in [5, 5.41) is 0.986. The molecule has 3 nitrogen and oxygen atoms in total. The smallest absolute Gasteiger partial charge is 0.144 e. The number of ether oxygens (including phenoxy) is 1. The van der Waals surface area contributed by atoms with E-state index in [2.05, 4.69) is 9.97 Å². The lowest BCUT2D eigenvalue weighted by molar-refractivity contribution is 0.109. The lowest BCUT2D eigenvalue weighted by atomic mass is 10.1. The molecule has 2 aliphatic rings. The Kier molecular flexibility index (Phi) is 3.80. The molecule has 6 heteroatoms. The van der Waals surface area contributed by atoms with Crippen LogP contribution in [0.4, 0.5) is 0 Å². The van der Waals surface area contributed by atoms with E-state index in [4.69, 9.17) is 16.3 Å². The highest BCUT2D eigenvalue weighted by molar-refractivity contribution is 8.06. The first-order chi connectivity index (χ1) is 8.34. The van der Waals surface area contributed by atoms with Gasteiger partial charge in [-0.2, -0.15) is 11.8 Å². The Bertz CT molecular complexity index is 424. The number of rotatable bonds is 1. The van der Waals surface area contributed by atoms with Gasteiger partial charge in [0.05, 0.1) is 24.2 Å². The minimum Gasteiger partial charge on any atom is -0.376 e. The molecule has 0 saturated carbocycles. The van der Waals surface area contributed by atoms with Gasteiger partial charge in [0.25, 0.3) is 0 Å². The highest BCUT2D eigenvalue weighted by atomic mass is 35.5. The molecule has 1 fully saturated rings. The first-order valence-corrected chi connectivity index (χ1v) is 8.25. The quantitative estimate of drug-likeness (QED) is 0.743. The Balaban J connectivity index is 1.92. The molecule has 1 atom stereocenters. The second-order valence-electron chi connectivity index (χ2n) is 4.03. The van der Waals surface area contributed by atoms with E-state index in [1.807, 2.05) is 23.5 Å². The van der Waals surface area contributed by atoms with Gasteiger partial charge in [0.15, 0.2) is 0 Å². The second-order valence-corrected chi connectivity index (χ2v) is 6.85. The molecule has 0 aromatic carbocycles. The van der Waals surface area contributed by atoms with E-state index in [1.165, 1.54) is 11.5 Å². The van der Waals surface area contributed by atoms with Crippen molar-refractivity contribution in [2.75, 3.05) is 23.9 Å². The van der Waals surface area contributed by atoms with Gasteiger partial charge >= 0.3 is 0 Å². The van der Waals surface area contributed by atoms with Gasteiger partial charge in [0, 0.05) is 29.2 Å². The monoisotopic (exact) mass is 288 g/mol. The molecule has 2 aliphatic heterocycles. The maximum Gasteiger partial charge on any atom is 0.144 e. The molecule has 3 rings (SSSR count). The van der Waals surface area contributed by atoms with Crippen LogP contribution in [-0.4, -0.2) is 33.8 Å². The summed E-state index contributed by atoms with van der Waals surface area (Å²) in [5.41, 5.74) is 2.07. The molecular formula is C11H13ClN2OS2. The zero-order valence-corrected chi connectivity index (χ0v) is 11.7. The Hall–Kier alpha value is 0.0300. The van der Waals surface area contributed by atoms with Crippen LogP contribution >= 0.6 is 35.1 Å². The van der Waals surface area contributed by atoms with Crippen LogP contribution in [0, 0.1) is 0 Å². The molecule has 1 aromatic heterocycles. The molecule has 0 spiro atoms. The summed E-state index contributed by atoms with van der Waals surface area (Å²) in [7, 11) is 0. The number of hydrogen-bond acceptors (Lipinski definition) is 5. The highest BCUT2D eigenvalue weighted by Crippen LogP contribution is 2.36. The third-order valence-electron chi connectivity index (χ3n) is 2.89. The summed E-state index contributed by atoms with van der Waals surface area (Å²) in [6, 6.07) is 0. The van der Waals surface area contributed by atoms with Crippen molar-refractivity contribution in [3.05, 3.63) is 22.2 Å². The molecule has 0 N–H and O–H groups in total. The van der Waals surface area contributed by atoms with Gasteiger partial charge in [-0.15, -0.1) is 11.8 Å². The van der Waals surface area contributed by atoms with E-state index >= 15 is 0 Å². The van der Waals surface area contributed by atoms with Gasteiger partial charge in [-0.1, -0.05) is 11.6 Å². The standard InChI is InChI=1S/C11H13ClN2OS2/c12-10-7-5-15-2-1-8(7)13-11(14-10)9-6-16-3-4-17-9/h9H,1-6H2. The predicted molar refractivity (Wildman–Crippen MR) is 72.9 cm³/mol. The summed E-state index contributed by atoms with van der Waals surface area (Å²) in [6.07, 6.45) is 0.856. The largest absolute Gasteiger partial charge is 0.376 e. The third kappa shape index (κ3) is 2.57. The van der Waals surface area contributed by atoms with Gasteiger partial charge < -0.3 is 4.74 Å². The van der Waals surface area contributed by atoms with E-state index < -0.39 is 0 Å². The molecule has 1 saturated heterocycles. The Labute approximate surface area is 114 Å².